The summed E-state index contributed by atoms with van der Waals surface area (Å²) in [5.74, 6) is -0.619. The fraction of sp³-hybridized carbons (Fsp3) is 0.143. The molecule has 0 aliphatic carbocycles. The third-order valence-corrected chi connectivity index (χ3v) is 4.09. The van der Waals surface area contributed by atoms with Crippen molar-refractivity contribution in [3.63, 3.8) is 0 Å². The minimum absolute atomic E-state index is 0. The average Bonchev–Trinajstić information content (AvgIpc) is 3.27. The molecule has 3 N–H and O–H groups in total. The number of nitrogens with zero attached hydrogens (tertiary/aromatic N) is 1. The highest BCUT2D eigenvalue weighted by Crippen LogP contribution is 2.12. The van der Waals surface area contributed by atoms with Crippen LogP contribution in [-0.2, 0) is 13.1 Å². The first-order valence-corrected chi connectivity index (χ1v) is 8.87. The summed E-state index contributed by atoms with van der Waals surface area (Å²) in [5, 5.41) is 8.78. The van der Waals surface area contributed by atoms with Gasteiger partial charge in [0.1, 0.15) is 11.6 Å². The maximum absolute atomic E-state index is 13.7. The first-order chi connectivity index (χ1) is 14.0. The Morgan fingerprint density at radius 1 is 1.03 bits per heavy atom. The number of furan rings is 1. The summed E-state index contributed by atoms with van der Waals surface area (Å²) in [4.78, 5) is 16.0. The number of anilines is 1. The lowest BCUT2D eigenvalue weighted by molar-refractivity contribution is 0.0996. The first kappa shape index (κ1) is 23.3. The zero-order valence-corrected chi connectivity index (χ0v) is 18.4. The largest absolute Gasteiger partial charge is 0.459 e. The smallest absolute Gasteiger partial charge is 0.291 e. The molecule has 3 rings (SSSR count). The molecule has 0 spiro atoms. The first-order valence-electron chi connectivity index (χ1n) is 8.87. The molecule has 1 aromatic heterocycles. The van der Waals surface area contributed by atoms with E-state index in [9.17, 15) is 13.6 Å². The molecule has 1 heterocycles. The summed E-state index contributed by atoms with van der Waals surface area (Å²) in [7, 11) is 1.59. The van der Waals surface area contributed by atoms with Crippen LogP contribution in [0.15, 0.2) is 70.3 Å². The number of halogens is 3. The Hall–Kier alpha value is -2.95. The molecule has 9 heteroatoms. The van der Waals surface area contributed by atoms with Crippen LogP contribution in [0.4, 0.5) is 14.5 Å². The number of carbonyl (C=O) groups is 1. The number of amides is 1. The summed E-state index contributed by atoms with van der Waals surface area (Å²) in [6.45, 7) is 0.554. The van der Waals surface area contributed by atoms with Gasteiger partial charge >= 0.3 is 0 Å². The second-order valence-electron chi connectivity index (χ2n) is 6.14. The lowest BCUT2D eigenvalue weighted by Gasteiger charge is -2.13. The third kappa shape index (κ3) is 6.55. The van der Waals surface area contributed by atoms with Crippen LogP contribution in [0.25, 0.3) is 0 Å². The van der Waals surface area contributed by atoms with Crippen molar-refractivity contribution in [2.24, 2.45) is 4.99 Å². The lowest BCUT2D eigenvalue weighted by Crippen LogP contribution is -2.36. The molecule has 0 unspecified atom stereocenters. The Balaban J connectivity index is 0.00000320. The van der Waals surface area contributed by atoms with Gasteiger partial charge in [0, 0.05) is 31.4 Å². The summed E-state index contributed by atoms with van der Waals surface area (Å²) in [6.07, 6.45) is 1.44. The Morgan fingerprint density at radius 2 is 1.77 bits per heavy atom. The Labute approximate surface area is 189 Å². The van der Waals surface area contributed by atoms with E-state index in [-0.39, 0.29) is 47.8 Å². The molecule has 158 valence electrons. The standard InChI is InChI=1S/C21H20F2N4O2.HI/c1-24-21(26-13-15-11-16(22)6-9-18(15)23)25-12-14-4-7-17(8-5-14)27-20(28)19-3-2-10-29-19;/h2-11H,12-13H2,1H3,(H,27,28)(H2,24,25,26);1H. The number of nitrogens with one attached hydrogen (secondary N) is 3. The third-order valence-electron chi connectivity index (χ3n) is 4.09. The number of aliphatic imine (C=N–C) groups is 1. The Morgan fingerprint density at radius 3 is 2.43 bits per heavy atom. The normalized spacial score (nSPS) is 10.8. The van der Waals surface area contributed by atoms with E-state index in [2.05, 4.69) is 20.9 Å². The quantitative estimate of drug-likeness (QED) is 0.255. The van der Waals surface area contributed by atoms with Crippen LogP contribution in [-0.4, -0.2) is 18.9 Å². The summed E-state index contributed by atoms with van der Waals surface area (Å²) >= 11 is 0. The minimum atomic E-state index is -0.495. The maximum atomic E-state index is 13.7. The maximum Gasteiger partial charge on any atom is 0.291 e. The monoisotopic (exact) mass is 526 g/mol. The van der Waals surface area contributed by atoms with Crippen LogP contribution in [0, 0.1) is 11.6 Å². The van der Waals surface area contributed by atoms with Gasteiger partial charge in [-0.25, -0.2) is 8.78 Å². The summed E-state index contributed by atoms with van der Waals surface area (Å²) in [5.41, 5.74) is 1.80. The highest BCUT2D eigenvalue weighted by atomic mass is 127. The van der Waals surface area contributed by atoms with Gasteiger partial charge in [-0.05, 0) is 48.0 Å². The number of benzene rings is 2. The van der Waals surface area contributed by atoms with Crippen molar-refractivity contribution in [1.82, 2.24) is 10.6 Å². The number of hydrogen-bond acceptors (Lipinski definition) is 3. The Kier molecular flexibility index (Phi) is 8.78. The van der Waals surface area contributed by atoms with Gasteiger partial charge in [-0.3, -0.25) is 9.79 Å². The molecule has 0 radical (unpaired) electrons. The predicted octanol–water partition coefficient (Wildman–Crippen LogP) is 4.29. The van der Waals surface area contributed by atoms with Gasteiger partial charge < -0.3 is 20.4 Å². The van der Waals surface area contributed by atoms with Gasteiger partial charge in [-0.2, -0.15) is 0 Å². The SMILES string of the molecule is CN=C(NCc1ccc(NC(=O)c2ccco2)cc1)NCc1cc(F)ccc1F.I. The van der Waals surface area contributed by atoms with Crippen molar-refractivity contribution in [2.75, 3.05) is 12.4 Å². The predicted molar refractivity (Wildman–Crippen MR) is 122 cm³/mol. The molecule has 0 atom stereocenters. The fourth-order valence-electron chi connectivity index (χ4n) is 2.57. The molecule has 0 fully saturated rings. The molecule has 0 aliphatic rings. The van der Waals surface area contributed by atoms with Crippen LogP contribution in [0.3, 0.4) is 0 Å². The van der Waals surface area contributed by atoms with E-state index in [0.29, 0.717) is 18.2 Å². The van der Waals surface area contributed by atoms with Crippen molar-refractivity contribution < 1.29 is 18.0 Å². The fourth-order valence-corrected chi connectivity index (χ4v) is 2.57. The molecular formula is C21H21F2IN4O2. The molecule has 6 nitrogen and oxygen atoms in total. The molecule has 1 amide bonds. The van der Waals surface area contributed by atoms with E-state index >= 15 is 0 Å². The van der Waals surface area contributed by atoms with E-state index in [1.54, 1.807) is 31.3 Å². The zero-order valence-electron chi connectivity index (χ0n) is 16.1. The summed E-state index contributed by atoms with van der Waals surface area (Å²) < 4.78 is 32.0. The van der Waals surface area contributed by atoms with Gasteiger partial charge in [-0.1, -0.05) is 12.1 Å². The van der Waals surface area contributed by atoms with Crippen molar-refractivity contribution in [1.29, 1.82) is 0 Å². The van der Waals surface area contributed by atoms with Gasteiger partial charge in [0.05, 0.1) is 6.26 Å². The number of guanidine groups is 1. The second kappa shape index (κ2) is 11.3. The van der Waals surface area contributed by atoms with Gasteiger partial charge in [0.15, 0.2) is 11.7 Å². The van der Waals surface area contributed by atoms with Gasteiger partial charge in [0.2, 0.25) is 0 Å². The van der Waals surface area contributed by atoms with Crippen LogP contribution in [0.1, 0.15) is 21.7 Å². The summed E-state index contributed by atoms with van der Waals surface area (Å²) in [6, 6.07) is 13.8. The molecule has 0 aliphatic heterocycles. The van der Waals surface area contributed by atoms with Crippen LogP contribution in [0.2, 0.25) is 0 Å². The number of hydrogen-bond donors (Lipinski definition) is 3. The van der Waals surface area contributed by atoms with E-state index in [1.165, 1.54) is 6.26 Å². The van der Waals surface area contributed by atoms with Crippen molar-refractivity contribution in [3.8, 4) is 0 Å². The molecule has 2 aromatic carbocycles. The highest BCUT2D eigenvalue weighted by molar-refractivity contribution is 14.0. The lowest BCUT2D eigenvalue weighted by atomic mass is 10.2. The molecule has 0 bridgehead atoms. The second-order valence-corrected chi connectivity index (χ2v) is 6.14. The minimum Gasteiger partial charge on any atom is -0.459 e. The molecule has 3 aromatic rings. The van der Waals surface area contributed by atoms with E-state index in [1.807, 2.05) is 12.1 Å². The topological polar surface area (TPSA) is 78.7 Å². The number of rotatable bonds is 6. The van der Waals surface area contributed by atoms with Crippen molar-refractivity contribution in [3.05, 3.63) is 89.4 Å². The molecular weight excluding hydrogens is 505 g/mol. The molecule has 0 saturated carbocycles. The van der Waals surface area contributed by atoms with E-state index in [4.69, 9.17) is 4.42 Å². The van der Waals surface area contributed by atoms with Crippen molar-refractivity contribution >= 4 is 41.5 Å². The van der Waals surface area contributed by atoms with E-state index in [0.717, 1.165) is 23.8 Å². The van der Waals surface area contributed by atoms with Crippen LogP contribution >= 0.6 is 24.0 Å². The average molecular weight is 526 g/mol. The van der Waals surface area contributed by atoms with Crippen LogP contribution in [0.5, 0.6) is 0 Å². The zero-order chi connectivity index (χ0) is 20.6. The van der Waals surface area contributed by atoms with Gasteiger partial charge in [0.25, 0.3) is 5.91 Å². The molecule has 0 saturated heterocycles. The molecule has 30 heavy (non-hydrogen) atoms. The van der Waals surface area contributed by atoms with Crippen LogP contribution < -0.4 is 16.0 Å². The van der Waals surface area contributed by atoms with Gasteiger partial charge in [-0.15, -0.1) is 24.0 Å². The van der Waals surface area contributed by atoms with E-state index < -0.39 is 11.6 Å². The van der Waals surface area contributed by atoms with Crippen molar-refractivity contribution in [2.45, 2.75) is 13.1 Å². The number of carbonyl (C=O) groups excluding carboxylic acids is 1. The Bertz CT molecular complexity index is 993. The highest BCUT2D eigenvalue weighted by Gasteiger charge is 2.09.